The first-order valence-electron chi connectivity index (χ1n) is 8.25. The Morgan fingerprint density at radius 2 is 2.17 bits per heavy atom. The van der Waals surface area contributed by atoms with Gasteiger partial charge in [0.2, 0.25) is 11.9 Å². The second-order valence-electron chi connectivity index (χ2n) is 6.38. The van der Waals surface area contributed by atoms with Crippen molar-refractivity contribution in [3.63, 3.8) is 0 Å². The standard InChI is InChI=1S/C16H27N5O2.ClH/c1-10(2)19-16-20-13-9-18-11(3)8-12(13)15(23)21(16)7-5-6-14(22)17-4;/h10-11,18H,5-9H2,1-4H3,(H,17,22)(H,19,20);1H/t11-;/m1./s1. The molecule has 1 aromatic rings. The lowest BCUT2D eigenvalue weighted by Gasteiger charge is -2.25. The first kappa shape index (κ1) is 20.4. The second-order valence-corrected chi connectivity index (χ2v) is 6.38. The van der Waals surface area contributed by atoms with Crippen molar-refractivity contribution in [1.29, 1.82) is 0 Å². The average Bonchev–Trinajstić information content (AvgIpc) is 2.50. The number of fused-ring (bicyclic) bond motifs is 1. The van der Waals surface area contributed by atoms with Gasteiger partial charge < -0.3 is 16.0 Å². The lowest BCUT2D eigenvalue weighted by atomic mass is 10.0. The molecule has 0 spiro atoms. The predicted molar refractivity (Wildman–Crippen MR) is 97.8 cm³/mol. The molecule has 1 amide bonds. The first-order valence-corrected chi connectivity index (χ1v) is 8.25. The molecule has 8 heteroatoms. The summed E-state index contributed by atoms with van der Waals surface area (Å²) in [7, 11) is 1.62. The molecule has 2 rings (SSSR count). The molecule has 1 aromatic heterocycles. The van der Waals surface area contributed by atoms with E-state index in [2.05, 4.69) is 27.9 Å². The summed E-state index contributed by atoms with van der Waals surface area (Å²) in [6, 6.07) is 0.459. The van der Waals surface area contributed by atoms with E-state index >= 15 is 0 Å². The molecular formula is C16H28ClN5O2. The fourth-order valence-electron chi connectivity index (χ4n) is 2.74. The highest BCUT2D eigenvalue weighted by atomic mass is 35.5. The zero-order valence-electron chi connectivity index (χ0n) is 14.8. The molecule has 0 aliphatic carbocycles. The molecule has 0 radical (unpaired) electrons. The molecular weight excluding hydrogens is 330 g/mol. The fourth-order valence-corrected chi connectivity index (χ4v) is 2.74. The van der Waals surface area contributed by atoms with Crippen LogP contribution in [0.25, 0.3) is 0 Å². The lowest BCUT2D eigenvalue weighted by Crippen LogP contribution is -2.40. The van der Waals surface area contributed by atoms with Crippen molar-refractivity contribution in [1.82, 2.24) is 20.2 Å². The largest absolute Gasteiger partial charge is 0.359 e. The number of hydrogen-bond donors (Lipinski definition) is 3. The van der Waals surface area contributed by atoms with E-state index in [1.807, 2.05) is 13.8 Å². The van der Waals surface area contributed by atoms with Gasteiger partial charge in [-0.25, -0.2) is 4.98 Å². The smallest absolute Gasteiger partial charge is 0.258 e. The van der Waals surface area contributed by atoms with Gasteiger partial charge in [-0.2, -0.15) is 0 Å². The van der Waals surface area contributed by atoms with Crippen LogP contribution in [0.5, 0.6) is 0 Å². The van der Waals surface area contributed by atoms with Gasteiger partial charge >= 0.3 is 0 Å². The molecule has 1 atom stereocenters. The Morgan fingerprint density at radius 3 is 2.79 bits per heavy atom. The Bertz CT molecular complexity index is 630. The molecule has 0 aromatic carbocycles. The van der Waals surface area contributed by atoms with Crippen LogP contribution in [0.1, 0.15) is 44.9 Å². The minimum absolute atomic E-state index is 0. The van der Waals surface area contributed by atoms with Crippen LogP contribution in [0.2, 0.25) is 0 Å². The molecule has 0 saturated heterocycles. The Balaban J connectivity index is 0.00000288. The summed E-state index contributed by atoms with van der Waals surface area (Å²) in [5.41, 5.74) is 1.65. The molecule has 0 unspecified atom stereocenters. The number of anilines is 1. The third-order valence-corrected chi connectivity index (χ3v) is 3.96. The molecule has 1 aliphatic rings. The highest BCUT2D eigenvalue weighted by molar-refractivity contribution is 5.85. The maximum atomic E-state index is 12.9. The normalized spacial score (nSPS) is 16.3. The van der Waals surface area contributed by atoms with E-state index in [1.165, 1.54) is 0 Å². The number of hydrogen-bond acceptors (Lipinski definition) is 5. The number of aromatic nitrogens is 2. The summed E-state index contributed by atoms with van der Waals surface area (Å²) in [6.07, 6.45) is 1.71. The highest BCUT2D eigenvalue weighted by Crippen LogP contribution is 2.15. The molecule has 0 bridgehead atoms. The summed E-state index contributed by atoms with van der Waals surface area (Å²) >= 11 is 0. The number of halogens is 1. The SMILES string of the molecule is CNC(=O)CCCn1c(NC(C)C)nc2c(c1=O)C[C@@H](C)NC2.Cl. The summed E-state index contributed by atoms with van der Waals surface area (Å²) in [4.78, 5) is 28.9. The number of amides is 1. The maximum Gasteiger partial charge on any atom is 0.258 e. The van der Waals surface area contributed by atoms with E-state index < -0.39 is 0 Å². The number of carbonyl (C=O) groups is 1. The molecule has 24 heavy (non-hydrogen) atoms. The lowest BCUT2D eigenvalue weighted by molar-refractivity contribution is -0.120. The maximum absolute atomic E-state index is 12.9. The van der Waals surface area contributed by atoms with E-state index in [-0.39, 0.29) is 36.0 Å². The zero-order chi connectivity index (χ0) is 17.0. The second kappa shape index (κ2) is 9.03. The van der Waals surface area contributed by atoms with Gasteiger partial charge in [0, 0.05) is 44.2 Å². The molecule has 7 nitrogen and oxygen atoms in total. The average molecular weight is 358 g/mol. The summed E-state index contributed by atoms with van der Waals surface area (Å²) < 4.78 is 1.68. The van der Waals surface area contributed by atoms with Gasteiger partial charge in [-0.3, -0.25) is 14.2 Å². The summed E-state index contributed by atoms with van der Waals surface area (Å²) in [5.74, 6) is 0.581. The van der Waals surface area contributed by atoms with Crippen LogP contribution in [-0.2, 0) is 24.3 Å². The molecule has 2 heterocycles. The van der Waals surface area contributed by atoms with Gasteiger partial charge in [0.25, 0.3) is 5.56 Å². The van der Waals surface area contributed by atoms with Crippen LogP contribution in [0.4, 0.5) is 5.95 Å². The number of rotatable bonds is 6. The molecule has 3 N–H and O–H groups in total. The summed E-state index contributed by atoms with van der Waals surface area (Å²) in [6.45, 7) is 7.21. The van der Waals surface area contributed by atoms with Crippen LogP contribution >= 0.6 is 12.4 Å². The van der Waals surface area contributed by atoms with Crippen molar-refractivity contribution in [2.45, 2.75) is 65.2 Å². The van der Waals surface area contributed by atoms with Crippen molar-refractivity contribution in [3.8, 4) is 0 Å². The van der Waals surface area contributed by atoms with E-state index in [0.717, 1.165) is 11.3 Å². The van der Waals surface area contributed by atoms with Crippen molar-refractivity contribution >= 4 is 24.3 Å². The molecule has 1 aliphatic heterocycles. The van der Waals surface area contributed by atoms with Crippen molar-refractivity contribution < 1.29 is 4.79 Å². The van der Waals surface area contributed by atoms with Crippen molar-refractivity contribution in [2.75, 3.05) is 12.4 Å². The quantitative estimate of drug-likeness (QED) is 0.708. The minimum Gasteiger partial charge on any atom is -0.359 e. The van der Waals surface area contributed by atoms with Gasteiger partial charge in [-0.05, 0) is 33.6 Å². The molecule has 136 valence electrons. The third kappa shape index (κ3) is 4.95. The zero-order valence-corrected chi connectivity index (χ0v) is 15.6. The van der Waals surface area contributed by atoms with Gasteiger partial charge in [0.15, 0.2) is 0 Å². The van der Waals surface area contributed by atoms with Gasteiger partial charge in [0.05, 0.1) is 5.69 Å². The Hall–Kier alpha value is -1.60. The molecule has 0 fully saturated rings. The Kier molecular flexibility index (Phi) is 7.69. The van der Waals surface area contributed by atoms with Gasteiger partial charge in [-0.1, -0.05) is 0 Å². The van der Waals surface area contributed by atoms with E-state index in [1.54, 1.807) is 11.6 Å². The van der Waals surface area contributed by atoms with Crippen LogP contribution in [0.15, 0.2) is 4.79 Å². The fraction of sp³-hybridized carbons (Fsp3) is 0.688. The van der Waals surface area contributed by atoms with E-state index in [0.29, 0.717) is 38.3 Å². The van der Waals surface area contributed by atoms with E-state index in [9.17, 15) is 9.59 Å². The predicted octanol–water partition coefficient (Wildman–Crippen LogP) is 1.05. The first-order chi connectivity index (χ1) is 10.9. The Labute approximate surface area is 149 Å². The Morgan fingerprint density at radius 1 is 1.46 bits per heavy atom. The summed E-state index contributed by atoms with van der Waals surface area (Å²) in [5, 5.41) is 9.19. The number of nitrogens with one attached hydrogen (secondary N) is 3. The van der Waals surface area contributed by atoms with Crippen LogP contribution < -0.4 is 21.5 Å². The third-order valence-electron chi connectivity index (χ3n) is 3.96. The van der Waals surface area contributed by atoms with Crippen LogP contribution in [0.3, 0.4) is 0 Å². The number of nitrogens with zero attached hydrogens (tertiary/aromatic N) is 2. The van der Waals surface area contributed by atoms with Crippen molar-refractivity contribution in [2.24, 2.45) is 0 Å². The highest BCUT2D eigenvalue weighted by Gasteiger charge is 2.22. The van der Waals surface area contributed by atoms with Crippen molar-refractivity contribution in [3.05, 3.63) is 21.6 Å². The number of carbonyl (C=O) groups excluding carboxylic acids is 1. The monoisotopic (exact) mass is 357 g/mol. The molecule has 0 saturated carbocycles. The van der Waals surface area contributed by atoms with Gasteiger partial charge in [-0.15, -0.1) is 12.4 Å². The van der Waals surface area contributed by atoms with Crippen LogP contribution in [0, 0.1) is 0 Å². The van der Waals surface area contributed by atoms with E-state index in [4.69, 9.17) is 0 Å². The topological polar surface area (TPSA) is 88.1 Å². The minimum atomic E-state index is -0.0137. The van der Waals surface area contributed by atoms with Gasteiger partial charge in [0.1, 0.15) is 0 Å². The van der Waals surface area contributed by atoms with Crippen LogP contribution in [-0.4, -0.2) is 34.6 Å².